The van der Waals surface area contributed by atoms with E-state index >= 15 is 0 Å². The van der Waals surface area contributed by atoms with Crippen molar-refractivity contribution in [2.45, 2.75) is 65.1 Å². The Morgan fingerprint density at radius 2 is 2.00 bits per heavy atom. The van der Waals surface area contributed by atoms with Gasteiger partial charge < -0.3 is 10.2 Å². The van der Waals surface area contributed by atoms with Crippen LogP contribution in [0.1, 0.15) is 52.5 Å². The fourth-order valence-electron chi connectivity index (χ4n) is 2.46. The molecule has 1 aromatic carbocycles. The maximum Gasteiger partial charge on any atom is 0.123 e. The predicted molar refractivity (Wildman–Crippen MR) is 83.7 cm³/mol. The molecule has 1 saturated carbocycles. The third-order valence-electron chi connectivity index (χ3n) is 3.61. The second-order valence-electron chi connectivity index (χ2n) is 6.80. The summed E-state index contributed by atoms with van der Waals surface area (Å²) in [5.74, 6) is -0.147. The molecule has 1 fully saturated rings. The predicted octanol–water partition coefficient (Wildman–Crippen LogP) is 4.09. The van der Waals surface area contributed by atoms with Crippen LogP contribution in [-0.2, 0) is 6.54 Å². The minimum absolute atomic E-state index is 0.0404. The third kappa shape index (κ3) is 4.20. The van der Waals surface area contributed by atoms with E-state index in [-0.39, 0.29) is 11.4 Å². The van der Waals surface area contributed by atoms with Crippen molar-refractivity contribution in [2.75, 3.05) is 11.4 Å². The lowest BCUT2D eigenvalue weighted by Gasteiger charge is -2.28. The standard InChI is InChI=1S/C17H27FN2/c1-5-10-20(15-7-8-15)16-9-6-14(18)11-13(16)12-19-17(2,3)4/h6,9,11,15,19H,5,7-8,10,12H2,1-4H3. The maximum absolute atomic E-state index is 13.6. The lowest BCUT2D eigenvalue weighted by Crippen LogP contribution is -2.36. The van der Waals surface area contributed by atoms with Gasteiger partial charge in [0.15, 0.2) is 0 Å². The number of rotatable bonds is 6. The maximum atomic E-state index is 13.6. The summed E-state index contributed by atoms with van der Waals surface area (Å²) in [6, 6.07) is 5.87. The highest BCUT2D eigenvalue weighted by Crippen LogP contribution is 2.34. The van der Waals surface area contributed by atoms with Crippen LogP contribution in [0.15, 0.2) is 18.2 Å². The van der Waals surface area contributed by atoms with Gasteiger partial charge in [0.2, 0.25) is 0 Å². The van der Waals surface area contributed by atoms with Gasteiger partial charge in [-0.15, -0.1) is 0 Å². The van der Waals surface area contributed by atoms with Crippen molar-refractivity contribution in [3.05, 3.63) is 29.6 Å². The number of nitrogens with zero attached hydrogens (tertiary/aromatic N) is 1. The smallest absolute Gasteiger partial charge is 0.123 e. The van der Waals surface area contributed by atoms with Crippen molar-refractivity contribution in [3.63, 3.8) is 0 Å². The van der Waals surface area contributed by atoms with Crippen molar-refractivity contribution in [2.24, 2.45) is 0 Å². The molecule has 1 N–H and O–H groups in total. The number of benzene rings is 1. The van der Waals surface area contributed by atoms with Gasteiger partial charge in [0.05, 0.1) is 0 Å². The quantitative estimate of drug-likeness (QED) is 0.843. The molecule has 0 radical (unpaired) electrons. The van der Waals surface area contributed by atoms with Gasteiger partial charge in [-0.3, -0.25) is 0 Å². The lowest BCUT2D eigenvalue weighted by molar-refractivity contribution is 0.423. The highest BCUT2D eigenvalue weighted by atomic mass is 19.1. The zero-order chi connectivity index (χ0) is 14.8. The molecule has 20 heavy (non-hydrogen) atoms. The summed E-state index contributed by atoms with van der Waals surface area (Å²) in [4.78, 5) is 2.46. The first-order valence-corrected chi connectivity index (χ1v) is 7.71. The molecular formula is C17H27FN2. The first-order valence-electron chi connectivity index (χ1n) is 7.71. The molecule has 2 rings (SSSR count). The molecule has 0 aliphatic heterocycles. The second kappa shape index (κ2) is 6.13. The lowest BCUT2D eigenvalue weighted by atomic mass is 10.1. The molecule has 112 valence electrons. The molecule has 0 unspecified atom stereocenters. The molecule has 0 heterocycles. The minimum Gasteiger partial charge on any atom is -0.368 e. The molecule has 1 aliphatic carbocycles. The van der Waals surface area contributed by atoms with Gasteiger partial charge in [0.1, 0.15) is 5.82 Å². The number of hydrogen-bond donors (Lipinski definition) is 1. The zero-order valence-electron chi connectivity index (χ0n) is 13.2. The molecule has 0 spiro atoms. The van der Waals surface area contributed by atoms with Crippen molar-refractivity contribution in [1.82, 2.24) is 5.32 Å². The van der Waals surface area contributed by atoms with Crippen molar-refractivity contribution >= 4 is 5.69 Å². The molecule has 2 nitrogen and oxygen atoms in total. The van der Waals surface area contributed by atoms with Crippen LogP contribution in [0.3, 0.4) is 0 Å². The second-order valence-corrected chi connectivity index (χ2v) is 6.80. The molecule has 1 aromatic rings. The van der Waals surface area contributed by atoms with E-state index in [1.165, 1.54) is 18.5 Å². The van der Waals surface area contributed by atoms with Crippen molar-refractivity contribution in [1.29, 1.82) is 0 Å². The Hall–Kier alpha value is -1.09. The first kappa shape index (κ1) is 15.3. The van der Waals surface area contributed by atoms with Crippen LogP contribution in [-0.4, -0.2) is 18.1 Å². The zero-order valence-corrected chi connectivity index (χ0v) is 13.2. The van der Waals surface area contributed by atoms with Gasteiger partial charge >= 0.3 is 0 Å². The summed E-state index contributed by atoms with van der Waals surface area (Å²) < 4.78 is 13.6. The summed E-state index contributed by atoms with van der Waals surface area (Å²) in [6.07, 6.45) is 3.66. The van der Waals surface area contributed by atoms with E-state index in [1.807, 2.05) is 6.07 Å². The summed E-state index contributed by atoms with van der Waals surface area (Å²) in [5.41, 5.74) is 2.31. The molecule has 0 atom stereocenters. The Labute approximate surface area is 122 Å². The van der Waals surface area contributed by atoms with Crippen LogP contribution in [0.2, 0.25) is 0 Å². The van der Waals surface area contributed by atoms with E-state index in [4.69, 9.17) is 0 Å². The third-order valence-corrected chi connectivity index (χ3v) is 3.61. The number of halogens is 1. The summed E-state index contributed by atoms with van der Waals surface area (Å²) in [5, 5.41) is 3.47. The number of anilines is 1. The van der Waals surface area contributed by atoms with Crippen LogP contribution in [0, 0.1) is 5.82 Å². The van der Waals surface area contributed by atoms with Crippen LogP contribution in [0.4, 0.5) is 10.1 Å². The fraction of sp³-hybridized carbons (Fsp3) is 0.647. The van der Waals surface area contributed by atoms with Gasteiger partial charge in [-0.05, 0) is 63.8 Å². The van der Waals surface area contributed by atoms with Gasteiger partial charge in [-0.25, -0.2) is 4.39 Å². The molecule has 0 bridgehead atoms. The van der Waals surface area contributed by atoms with Gasteiger partial charge in [0, 0.05) is 30.4 Å². The largest absolute Gasteiger partial charge is 0.368 e. The Morgan fingerprint density at radius 3 is 2.55 bits per heavy atom. The summed E-state index contributed by atoms with van der Waals surface area (Å²) in [7, 11) is 0. The molecule has 1 aliphatic rings. The highest BCUT2D eigenvalue weighted by molar-refractivity contribution is 5.55. The monoisotopic (exact) mass is 278 g/mol. The van der Waals surface area contributed by atoms with E-state index in [9.17, 15) is 4.39 Å². The Bertz CT molecular complexity index is 447. The fourth-order valence-corrected chi connectivity index (χ4v) is 2.46. The van der Waals surface area contributed by atoms with Gasteiger partial charge in [-0.1, -0.05) is 6.92 Å². The van der Waals surface area contributed by atoms with Gasteiger partial charge in [-0.2, -0.15) is 0 Å². The molecule has 0 aromatic heterocycles. The Morgan fingerprint density at radius 1 is 1.30 bits per heavy atom. The van der Waals surface area contributed by atoms with E-state index in [0.29, 0.717) is 12.6 Å². The van der Waals surface area contributed by atoms with Crippen LogP contribution in [0.25, 0.3) is 0 Å². The summed E-state index contributed by atoms with van der Waals surface area (Å²) in [6.45, 7) is 10.4. The van der Waals surface area contributed by atoms with E-state index in [0.717, 1.165) is 18.5 Å². The van der Waals surface area contributed by atoms with E-state index < -0.39 is 0 Å². The molecule has 3 heteroatoms. The van der Waals surface area contributed by atoms with Crippen LogP contribution >= 0.6 is 0 Å². The Kier molecular flexibility index (Phi) is 4.69. The van der Waals surface area contributed by atoms with Crippen LogP contribution < -0.4 is 10.2 Å². The van der Waals surface area contributed by atoms with E-state index in [2.05, 4.69) is 37.9 Å². The average molecular weight is 278 g/mol. The van der Waals surface area contributed by atoms with Crippen LogP contribution in [0.5, 0.6) is 0 Å². The first-order chi connectivity index (χ1) is 9.40. The average Bonchev–Trinajstić information content (AvgIpc) is 3.17. The topological polar surface area (TPSA) is 15.3 Å². The van der Waals surface area contributed by atoms with Crippen molar-refractivity contribution in [3.8, 4) is 0 Å². The van der Waals surface area contributed by atoms with Gasteiger partial charge in [0.25, 0.3) is 0 Å². The molecular weight excluding hydrogens is 251 g/mol. The normalized spacial score (nSPS) is 15.4. The van der Waals surface area contributed by atoms with Crippen molar-refractivity contribution < 1.29 is 4.39 Å². The van der Waals surface area contributed by atoms with E-state index in [1.54, 1.807) is 12.1 Å². The number of hydrogen-bond acceptors (Lipinski definition) is 2. The highest BCUT2D eigenvalue weighted by Gasteiger charge is 2.30. The Balaban J connectivity index is 2.21. The molecule has 0 saturated heterocycles. The summed E-state index contributed by atoms with van der Waals surface area (Å²) >= 11 is 0. The minimum atomic E-state index is -0.147. The number of nitrogens with one attached hydrogen (secondary N) is 1. The SMILES string of the molecule is CCCN(c1ccc(F)cc1CNC(C)(C)C)C1CC1. The molecule has 0 amide bonds.